The van der Waals surface area contributed by atoms with Gasteiger partial charge in [-0.1, -0.05) is 50.2 Å². The Morgan fingerprint density at radius 2 is 1.60 bits per heavy atom. The van der Waals surface area contributed by atoms with Crippen LogP contribution in [0, 0.1) is 5.41 Å². The van der Waals surface area contributed by atoms with E-state index in [4.69, 9.17) is 0 Å². The Bertz CT molecular complexity index is 614. The van der Waals surface area contributed by atoms with Crippen molar-refractivity contribution in [2.45, 2.75) is 51.6 Å². The van der Waals surface area contributed by atoms with Gasteiger partial charge in [0.05, 0.1) is 5.60 Å². The molecule has 0 bridgehead atoms. The van der Waals surface area contributed by atoms with E-state index in [9.17, 15) is 5.11 Å². The second-order valence-electron chi connectivity index (χ2n) is 7.11. The summed E-state index contributed by atoms with van der Waals surface area (Å²) in [6.07, 6.45) is 5.17. The van der Waals surface area contributed by atoms with E-state index < -0.39 is 5.60 Å². The Labute approximate surface area is 121 Å². The van der Waals surface area contributed by atoms with E-state index in [1.54, 1.807) is 0 Å². The summed E-state index contributed by atoms with van der Waals surface area (Å²) in [7, 11) is 0. The van der Waals surface area contributed by atoms with Gasteiger partial charge in [-0.3, -0.25) is 0 Å². The molecule has 106 valence electrons. The molecule has 2 aromatic carbocycles. The average Bonchev–Trinajstić information content (AvgIpc) is 2.58. The van der Waals surface area contributed by atoms with Crippen LogP contribution < -0.4 is 0 Å². The van der Waals surface area contributed by atoms with Gasteiger partial charge in [0.1, 0.15) is 0 Å². The number of fused-ring (bicyclic) bond motifs is 1. The molecule has 0 radical (unpaired) electrons. The minimum Gasteiger partial charge on any atom is -0.385 e. The van der Waals surface area contributed by atoms with E-state index in [2.05, 4.69) is 56.3 Å². The molecule has 1 atom stereocenters. The molecule has 1 nitrogen and oxygen atoms in total. The summed E-state index contributed by atoms with van der Waals surface area (Å²) in [6, 6.07) is 14.8. The van der Waals surface area contributed by atoms with Crippen LogP contribution >= 0.6 is 0 Å². The van der Waals surface area contributed by atoms with Gasteiger partial charge in [-0.15, -0.1) is 0 Å². The number of benzene rings is 2. The minimum atomic E-state index is -0.641. The SMILES string of the molecule is CC1(C)CCCC(O)(c2ccc3ccccc3c2)CC1. The molecule has 20 heavy (non-hydrogen) atoms. The maximum Gasteiger partial charge on any atom is 0.0897 e. The molecule has 1 unspecified atom stereocenters. The zero-order valence-electron chi connectivity index (χ0n) is 12.5. The van der Waals surface area contributed by atoms with Crippen molar-refractivity contribution in [3.63, 3.8) is 0 Å². The van der Waals surface area contributed by atoms with Crippen LogP contribution in [0.4, 0.5) is 0 Å². The van der Waals surface area contributed by atoms with Crippen molar-refractivity contribution < 1.29 is 5.11 Å². The number of hydrogen-bond acceptors (Lipinski definition) is 1. The Balaban J connectivity index is 1.96. The van der Waals surface area contributed by atoms with Crippen LogP contribution in [0.2, 0.25) is 0 Å². The zero-order chi connectivity index (χ0) is 14.2. The van der Waals surface area contributed by atoms with Crippen molar-refractivity contribution in [1.29, 1.82) is 0 Å². The zero-order valence-corrected chi connectivity index (χ0v) is 12.5. The highest BCUT2D eigenvalue weighted by Gasteiger charge is 2.35. The molecular weight excluding hydrogens is 244 g/mol. The topological polar surface area (TPSA) is 20.2 Å². The quantitative estimate of drug-likeness (QED) is 0.720. The van der Waals surface area contributed by atoms with Gasteiger partial charge >= 0.3 is 0 Å². The number of aliphatic hydroxyl groups is 1. The molecule has 1 aliphatic rings. The highest BCUT2D eigenvalue weighted by atomic mass is 16.3. The summed E-state index contributed by atoms with van der Waals surface area (Å²) in [5.41, 5.74) is 0.813. The highest BCUT2D eigenvalue weighted by Crippen LogP contribution is 2.43. The van der Waals surface area contributed by atoms with Gasteiger partial charge in [-0.2, -0.15) is 0 Å². The predicted octanol–water partition coefficient (Wildman–Crippen LogP) is 5.02. The largest absolute Gasteiger partial charge is 0.385 e. The van der Waals surface area contributed by atoms with Crippen molar-refractivity contribution in [3.05, 3.63) is 48.0 Å². The van der Waals surface area contributed by atoms with Gasteiger partial charge in [-0.05, 0) is 59.9 Å². The van der Waals surface area contributed by atoms with Crippen molar-refractivity contribution in [2.24, 2.45) is 5.41 Å². The minimum absolute atomic E-state index is 0.362. The Morgan fingerprint density at radius 3 is 2.40 bits per heavy atom. The first kappa shape index (κ1) is 13.6. The van der Waals surface area contributed by atoms with Crippen LogP contribution in [-0.2, 0) is 5.60 Å². The average molecular weight is 268 g/mol. The van der Waals surface area contributed by atoms with Gasteiger partial charge in [-0.25, -0.2) is 0 Å². The molecule has 0 amide bonds. The maximum absolute atomic E-state index is 11.1. The summed E-state index contributed by atoms with van der Waals surface area (Å²) < 4.78 is 0. The molecule has 1 N–H and O–H groups in total. The van der Waals surface area contributed by atoms with Crippen molar-refractivity contribution in [3.8, 4) is 0 Å². The lowest BCUT2D eigenvalue weighted by molar-refractivity contribution is 0.0181. The molecule has 2 aromatic rings. The molecule has 1 heteroatoms. The normalized spacial score (nSPS) is 26.4. The molecule has 1 aliphatic carbocycles. The van der Waals surface area contributed by atoms with Gasteiger partial charge in [0.25, 0.3) is 0 Å². The smallest absolute Gasteiger partial charge is 0.0897 e. The third-order valence-electron chi connectivity index (χ3n) is 4.95. The van der Waals surface area contributed by atoms with Crippen molar-refractivity contribution in [2.75, 3.05) is 0 Å². The van der Waals surface area contributed by atoms with Crippen LogP contribution in [-0.4, -0.2) is 5.11 Å². The van der Waals surface area contributed by atoms with Gasteiger partial charge in [0, 0.05) is 0 Å². The summed E-state index contributed by atoms with van der Waals surface area (Å²) >= 11 is 0. The summed E-state index contributed by atoms with van der Waals surface area (Å²) in [6.45, 7) is 4.64. The summed E-state index contributed by atoms with van der Waals surface area (Å²) in [5.74, 6) is 0. The fraction of sp³-hybridized carbons (Fsp3) is 0.474. The van der Waals surface area contributed by atoms with Gasteiger partial charge in [0.2, 0.25) is 0 Å². The molecular formula is C19H24O. The van der Waals surface area contributed by atoms with Crippen LogP contribution in [0.25, 0.3) is 10.8 Å². The number of rotatable bonds is 1. The Kier molecular flexibility index (Phi) is 3.33. The Morgan fingerprint density at radius 1 is 0.850 bits per heavy atom. The van der Waals surface area contributed by atoms with Crippen LogP contribution in [0.3, 0.4) is 0 Å². The van der Waals surface area contributed by atoms with Crippen LogP contribution in [0.1, 0.15) is 51.5 Å². The first-order chi connectivity index (χ1) is 9.49. The first-order valence-corrected chi connectivity index (χ1v) is 7.70. The maximum atomic E-state index is 11.1. The van der Waals surface area contributed by atoms with E-state index in [0.717, 1.165) is 31.2 Å². The lowest BCUT2D eigenvalue weighted by Crippen LogP contribution is -2.25. The van der Waals surface area contributed by atoms with Gasteiger partial charge in [0.15, 0.2) is 0 Å². The molecule has 0 saturated heterocycles. The molecule has 0 spiro atoms. The first-order valence-electron chi connectivity index (χ1n) is 7.70. The van der Waals surface area contributed by atoms with Crippen LogP contribution in [0.5, 0.6) is 0 Å². The standard InChI is InChI=1S/C19H24O/c1-18(2)10-5-11-19(20,13-12-18)17-9-8-15-6-3-4-7-16(15)14-17/h3-4,6-9,14,20H,5,10-13H2,1-2H3. The second kappa shape index (κ2) is 4.89. The van der Waals surface area contributed by atoms with Crippen molar-refractivity contribution >= 4 is 10.8 Å². The molecule has 1 fully saturated rings. The molecule has 0 aromatic heterocycles. The second-order valence-corrected chi connectivity index (χ2v) is 7.11. The lowest BCUT2D eigenvalue weighted by Gasteiger charge is -2.28. The van der Waals surface area contributed by atoms with E-state index in [1.165, 1.54) is 17.2 Å². The molecule has 3 rings (SSSR count). The summed E-state index contributed by atoms with van der Waals surface area (Å²) in [5, 5.41) is 13.6. The van der Waals surface area contributed by atoms with E-state index in [0.29, 0.717) is 5.41 Å². The lowest BCUT2D eigenvalue weighted by atomic mass is 9.82. The molecule has 1 saturated carbocycles. The third kappa shape index (κ3) is 2.60. The monoisotopic (exact) mass is 268 g/mol. The van der Waals surface area contributed by atoms with Crippen LogP contribution in [0.15, 0.2) is 42.5 Å². The molecule has 0 aliphatic heterocycles. The van der Waals surface area contributed by atoms with E-state index in [1.807, 2.05) is 0 Å². The van der Waals surface area contributed by atoms with Crippen molar-refractivity contribution in [1.82, 2.24) is 0 Å². The fourth-order valence-electron chi connectivity index (χ4n) is 3.42. The Hall–Kier alpha value is -1.34. The van der Waals surface area contributed by atoms with E-state index in [-0.39, 0.29) is 0 Å². The fourth-order valence-corrected chi connectivity index (χ4v) is 3.42. The van der Waals surface area contributed by atoms with E-state index >= 15 is 0 Å². The highest BCUT2D eigenvalue weighted by molar-refractivity contribution is 5.83. The number of hydrogen-bond donors (Lipinski definition) is 1. The summed E-state index contributed by atoms with van der Waals surface area (Å²) in [4.78, 5) is 0. The third-order valence-corrected chi connectivity index (χ3v) is 4.95. The molecule has 0 heterocycles. The van der Waals surface area contributed by atoms with Gasteiger partial charge < -0.3 is 5.11 Å². The predicted molar refractivity (Wildman–Crippen MR) is 84.7 cm³/mol.